The number of hydrogen-bond donors (Lipinski definition) is 6. The number of anilines is 3. The number of benzene rings is 3. The molecule has 54 heavy (non-hydrogen) atoms. The standard InChI is InChI=1S/C40H54N6O7S/c1-7-46(8-2)54(51,52)31-18-19-32(25(3)21-31)28-13-9-26(10-14-28)22-35(37(48)42-30-17-20-33-34(23-30)45-38(49)44-33)43-36(47)29-15-11-27(12-16-29)24-41-39(50)53-40(4,5)6/h9-10,13-14,17-21,23,27,29,35,38,44-45,49H,7-8,11-12,15-16,22,24H2,1-6H3,(H,41,50)(H,42,48)(H,43,47). The number of nitrogens with zero attached hydrogens (tertiary/aromatic N) is 1. The van der Waals surface area contributed by atoms with E-state index in [1.807, 2.05) is 71.9 Å². The summed E-state index contributed by atoms with van der Waals surface area (Å²) in [5.74, 6) is -0.612. The third kappa shape index (κ3) is 10.3. The van der Waals surface area contributed by atoms with Gasteiger partial charge >= 0.3 is 6.09 Å². The van der Waals surface area contributed by atoms with Gasteiger partial charge < -0.3 is 36.4 Å². The van der Waals surface area contributed by atoms with E-state index in [1.54, 1.807) is 30.3 Å². The molecule has 1 saturated carbocycles. The summed E-state index contributed by atoms with van der Waals surface area (Å²) in [6.07, 6.45) is 1.64. The second kappa shape index (κ2) is 17.2. The first kappa shape index (κ1) is 40.5. The van der Waals surface area contributed by atoms with Crippen LogP contribution >= 0.6 is 0 Å². The number of carbonyl (C=O) groups excluding carboxylic acids is 3. The van der Waals surface area contributed by atoms with Gasteiger partial charge in [-0.25, -0.2) is 13.2 Å². The van der Waals surface area contributed by atoms with Crippen LogP contribution in [0.5, 0.6) is 0 Å². The van der Waals surface area contributed by atoms with E-state index in [0.717, 1.165) is 35.1 Å². The molecule has 1 aliphatic carbocycles. The molecule has 0 radical (unpaired) electrons. The number of sulfonamides is 1. The van der Waals surface area contributed by atoms with Crippen LogP contribution in [0.2, 0.25) is 0 Å². The van der Waals surface area contributed by atoms with Gasteiger partial charge in [0.2, 0.25) is 28.2 Å². The molecule has 2 atom stereocenters. The largest absolute Gasteiger partial charge is 0.444 e. The van der Waals surface area contributed by atoms with Gasteiger partial charge in [-0.1, -0.05) is 44.2 Å². The summed E-state index contributed by atoms with van der Waals surface area (Å²) in [7, 11) is -3.59. The molecule has 13 nitrogen and oxygen atoms in total. The van der Waals surface area contributed by atoms with Gasteiger partial charge in [0.1, 0.15) is 11.6 Å². The van der Waals surface area contributed by atoms with Crippen molar-refractivity contribution in [2.75, 3.05) is 35.6 Å². The summed E-state index contributed by atoms with van der Waals surface area (Å²) in [6.45, 7) is 12.2. The highest BCUT2D eigenvalue weighted by molar-refractivity contribution is 7.89. The second-order valence-corrected chi connectivity index (χ2v) is 17.0. The van der Waals surface area contributed by atoms with Gasteiger partial charge in [0.25, 0.3) is 0 Å². The molecule has 3 aromatic carbocycles. The number of ether oxygens (including phenoxy) is 1. The van der Waals surface area contributed by atoms with E-state index in [0.29, 0.717) is 49.5 Å². The molecule has 0 saturated heterocycles. The third-order valence-electron chi connectivity index (χ3n) is 9.90. The predicted molar refractivity (Wildman–Crippen MR) is 210 cm³/mol. The number of aryl methyl sites for hydroxylation is 1. The van der Waals surface area contributed by atoms with E-state index in [1.165, 1.54) is 4.31 Å². The van der Waals surface area contributed by atoms with Crippen LogP contribution < -0.4 is 26.6 Å². The van der Waals surface area contributed by atoms with Crippen LogP contribution in [0, 0.1) is 18.8 Å². The highest BCUT2D eigenvalue weighted by Gasteiger charge is 2.31. The Morgan fingerprint density at radius 1 is 0.926 bits per heavy atom. The molecule has 1 fully saturated rings. The number of nitrogens with one attached hydrogen (secondary N) is 5. The smallest absolute Gasteiger partial charge is 0.407 e. The normalized spacial score (nSPS) is 18.9. The molecular formula is C40H54N6O7S. The summed E-state index contributed by atoms with van der Waals surface area (Å²) in [6, 6.07) is 17.2. The van der Waals surface area contributed by atoms with Gasteiger partial charge in [0.15, 0.2) is 0 Å². The summed E-state index contributed by atoms with van der Waals surface area (Å²) in [4.78, 5) is 39.9. The second-order valence-electron chi connectivity index (χ2n) is 15.1. The summed E-state index contributed by atoms with van der Waals surface area (Å²) < 4.78 is 32.9. The van der Waals surface area contributed by atoms with Gasteiger partial charge in [0.05, 0.1) is 16.3 Å². The highest BCUT2D eigenvalue weighted by atomic mass is 32.2. The average molecular weight is 763 g/mol. The number of rotatable bonds is 13. The van der Waals surface area contributed by atoms with Gasteiger partial charge in [-0.3, -0.25) is 9.59 Å². The lowest BCUT2D eigenvalue weighted by Gasteiger charge is -2.29. The zero-order chi connectivity index (χ0) is 39.2. The molecule has 1 aliphatic heterocycles. The van der Waals surface area contributed by atoms with E-state index >= 15 is 0 Å². The Labute approximate surface area is 318 Å². The summed E-state index contributed by atoms with van der Waals surface area (Å²) in [5, 5.41) is 24.5. The Morgan fingerprint density at radius 2 is 1.59 bits per heavy atom. The molecule has 3 amide bonds. The molecular weight excluding hydrogens is 709 g/mol. The molecule has 2 unspecified atom stereocenters. The number of amides is 3. The minimum atomic E-state index is -3.59. The Kier molecular flexibility index (Phi) is 12.9. The maximum atomic E-state index is 13.8. The maximum Gasteiger partial charge on any atom is 0.407 e. The van der Waals surface area contributed by atoms with Crippen molar-refractivity contribution in [2.45, 2.75) is 96.5 Å². The quantitative estimate of drug-likeness (QED) is 0.126. The lowest BCUT2D eigenvalue weighted by Crippen LogP contribution is -2.48. The van der Waals surface area contributed by atoms with Crippen LogP contribution in [0.4, 0.5) is 21.9 Å². The van der Waals surface area contributed by atoms with Gasteiger partial charge in [0, 0.05) is 37.7 Å². The van der Waals surface area contributed by atoms with Crippen molar-refractivity contribution in [3.8, 4) is 11.1 Å². The summed E-state index contributed by atoms with van der Waals surface area (Å²) in [5.41, 5.74) is 4.72. The molecule has 6 N–H and O–H groups in total. The fourth-order valence-electron chi connectivity index (χ4n) is 6.99. The highest BCUT2D eigenvalue weighted by Crippen LogP contribution is 2.32. The molecule has 0 bridgehead atoms. The third-order valence-corrected chi connectivity index (χ3v) is 11.9. The molecule has 292 valence electrons. The number of aliphatic hydroxyl groups is 1. The van der Waals surface area contributed by atoms with Crippen molar-refractivity contribution in [1.82, 2.24) is 14.9 Å². The number of aliphatic hydroxyl groups excluding tert-OH is 1. The number of carbonyl (C=O) groups is 3. The first-order chi connectivity index (χ1) is 25.6. The molecule has 1 heterocycles. The molecule has 3 aromatic rings. The topological polar surface area (TPSA) is 178 Å². The van der Waals surface area contributed by atoms with E-state index in [2.05, 4.69) is 26.6 Å². The Balaban J connectivity index is 1.27. The monoisotopic (exact) mass is 762 g/mol. The molecule has 5 rings (SSSR count). The van der Waals surface area contributed by atoms with Crippen molar-refractivity contribution in [3.05, 3.63) is 71.8 Å². The lowest BCUT2D eigenvalue weighted by atomic mass is 9.81. The zero-order valence-electron chi connectivity index (χ0n) is 32.0. The van der Waals surface area contributed by atoms with E-state index in [-0.39, 0.29) is 35.0 Å². The fourth-order valence-corrected chi connectivity index (χ4v) is 8.53. The zero-order valence-corrected chi connectivity index (χ0v) is 32.8. The lowest BCUT2D eigenvalue weighted by molar-refractivity contribution is -0.130. The van der Waals surface area contributed by atoms with E-state index in [9.17, 15) is 27.9 Å². The minimum Gasteiger partial charge on any atom is -0.444 e. The van der Waals surface area contributed by atoms with Gasteiger partial charge in [-0.05, 0) is 112 Å². The van der Waals surface area contributed by atoms with E-state index < -0.39 is 34.1 Å². The first-order valence-corrected chi connectivity index (χ1v) is 20.1. The van der Waals surface area contributed by atoms with Crippen LogP contribution in [0.25, 0.3) is 11.1 Å². The first-order valence-electron chi connectivity index (χ1n) is 18.7. The number of hydrogen-bond acceptors (Lipinski definition) is 9. The maximum absolute atomic E-state index is 13.8. The number of fused-ring (bicyclic) bond motifs is 1. The number of alkyl carbamates (subject to hydrolysis) is 1. The Bertz CT molecular complexity index is 1920. The minimum absolute atomic E-state index is 0.191. The van der Waals surface area contributed by atoms with Crippen LogP contribution in [-0.2, 0) is 30.8 Å². The average Bonchev–Trinajstić information content (AvgIpc) is 3.50. The Hall–Kier alpha value is -4.66. The molecule has 2 aliphatic rings. The molecule has 0 aromatic heterocycles. The summed E-state index contributed by atoms with van der Waals surface area (Å²) >= 11 is 0. The molecule has 14 heteroatoms. The van der Waals surface area contributed by atoms with Crippen LogP contribution in [0.15, 0.2) is 65.6 Å². The van der Waals surface area contributed by atoms with Crippen molar-refractivity contribution < 1.29 is 32.6 Å². The SMILES string of the molecule is CCN(CC)S(=O)(=O)c1ccc(-c2ccc(CC(NC(=O)C3CCC(CNC(=O)OC(C)(C)C)CC3)C(=O)Nc3ccc4c(c3)NC(O)N4)cc2)c(C)c1. The van der Waals surface area contributed by atoms with E-state index in [4.69, 9.17) is 4.74 Å². The Morgan fingerprint density at radius 3 is 2.22 bits per heavy atom. The van der Waals surface area contributed by atoms with Crippen LogP contribution in [-0.4, -0.2) is 73.4 Å². The molecule has 0 spiro atoms. The van der Waals surface area contributed by atoms with Crippen molar-refractivity contribution in [1.29, 1.82) is 0 Å². The van der Waals surface area contributed by atoms with Crippen molar-refractivity contribution >= 4 is 45.0 Å². The van der Waals surface area contributed by atoms with Crippen LogP contribution in [0.1, 0.15) is 71.4 Å². The van der Waals surface area contributed by atoms with Gasteiger partial charge in [-0.2, -0.15) is 4.31 Å². The van der Waals surface area contributed by atoms with Crippen molar-refractivity contribution in [3.63, 3.8) is 0 Å². The predicted octanol–water partition coefficient (Wildman–Crippen LogP) is 5.80. The van der Waals surface area contributed by atoms with Crippen LogP contribution in [0.3, 0.4) is 0 Å². The fraction of sp³-hybridized carbons (Fsp3) is 0.475. The van der Waals surface area contributed by atoms with Crippen molar-refractivity contribution in [2.24, 2.45) is 11.8 Å². The van der Waals surface area contributed by atoms with Gasteiger partial charge in [-0.15, -0.1) is 0 Å².